The van der Waals surface area contributed by atoms with Crippen molar-refractivity contribution in [2.45, 2.75) is 45.6 Å². The highest BCUT2D eigenvalue weighted by Gasteiger charge is 2.18. The lowest BCUT2D eigenvalue weighted by Crippen LogP contribution is -2.15. The van der Waals surface area contributed by atoms with Gasteiger partial charge >= 0.3 is 0 Å². The molecule has 0 spiro atoms. The molecule has 2 aromatic rings. The van der Waals surface area contributed by atoms with E-state index in [1.54, 1.807) is 0 Å². The molecule has 0 amide bonds. The van der Waals surface area contributed by atoms with Gasteiger partial charge in [-0.1, -0.05) is 80.0 Å². The van der Waals surface area contributed by atoms with E-state index in [1.807, 2.05) is 18.2 Å². The summed E-state index contributed by atoms with van der Waals surface area (Å²) >= 11 is 3.61. The van der Waals surface area contributed by atoms with Crippen LogP contribution >= 0.6 is 15.9 Å². The zero-order chi connectivity index (χ0) is 15.6. The highest BCUT2D eigenvalue weighted by Crippen LogP contribution is 2.33. The Labute approximate surface area is 136 Å². The van der Waals surface area contributed by atoms with Gasteiger partial charge in [0, 0.05) is 4.47 Å². The van der Waals surface area contributed by atoms with E-state index in [4.69, 9.17) is 5.73 Å². The number of hydrogen-bond donors (Lipinski definition) is 1. The molecule has 1 atom stereocenters. The lowest BCUT2D eigenvalue weighted by molar-refractivity contribution is 0.779. The maximum Gasteiger partial charge on any atom is 0.0565 e. The van der Waals surface area contributed by atoms with Crippen LogP contribution in [0.25, 0.3) is 0 Å². The molecule has 0 saturated heterocycles. The van der Waals surface area contributed by atoms with Crippen molar-refractivity contribution < 1.29 is 0 Å². The minimum Gasteiger partial charge on any atom is -0.320 e. The summed E-state index contributed by atoms with van der Waals surface area (Å²) in [5.74, 6) is 1.00. The molecule has 0 aliphatic carbocycles. The summed E-state index contributed by atoms with van der Waals surface area (Å²) in [7, 11) is 0. The molecule has 112 valence electrons. The van der Waals surface area contributed by atoms with Crippen LogP contribution < -0.4 is 5.73 Å². The Morgan fingerprint density at radius 2 is 1.48 bits per heavy atom. The van der Waals surface area contributed by atoms with Gasteiger partial charge in [0.15, 0.2) is 0 Å². The Morgan fingerprint density at radius 3 is 2.05 bits per heavy atom. The van der Waals surface area contributed by atoms with Crippen molar-refractivity contribution in [3.05, 3.63) is 69.2 Å². The van der Waals surface area contributed by atoms with Gasteiger partial charge in [-0.25, -0.2) is 0 Å². The monoisotopic (exact) mass is 345 g/mol. The third kappa shape index (κ3) is 3.56. The maximum absolute atomic E-state index is 6.55. The van der Waals surface area contributed by atoms with Crippen LogP contribution in [0.15, 0.2) is 46.9 Å². The molecule has 0 radical (unpaired) electrons. The minimum absolute atomic E-state index is 0.0980. The summed E-state index contributed by atoms with van der Waals surface area (Å²) in [6.07, 6.45) is 0. The van der Waals surface area contributed by atoms with Gasteiger partial charge in [0.2, 0.25) is 0 Å². The normalized spacial score (nSPS) is 13.0. The molecule has 21 heavy (non-hydrogen) atoms. The van der Waals surface area contributed by atoms with Crippen molar-refractivity contribution in [1.82, 2.24) is 0 Å². The fraction of sp³-hybridized carbons (Fsp3) is 0.368. The molecule has 2 rings (SSSR count). The second-order valence-corrected chi connectivity index (χ2v) is 7.05. The van der Waals surface area contributed by atoms with E-state index in [1.165, 1.54) is 16.7 Å². The fourth-order valence-electron chi connectivity index (χ4n) is 2.63. The molecule has 0 aromatic heterocycles. The summed E-state index contributed by atoms with van der Waals surface area (Å²) in [6.45, 7) is 8.92. The van der Waals surface area contributed by atoms with Crippen molar-refractivity contribution in [3.8, 4) is 0 Å². The van der Waals surface area contributed by atoms with Gasteiger partial charge in [0.25, 0.3) is 0 Å². The zero-order valence-electron chi connectivity index (χ0n) is 13.2. The quantitative estimate of drug-likeness (QED) is 0.750. The first kappa shape index (κ1) is 16.3. The number of nitrogens with two attached hydrogens (primary N) is 1. The van der Waals surface area contributed by atoms with Crippen LogP contribution in [0.2, 0.25) is 0 Å². The number of rotatable bonds is 4. The Bertz CT molecular complexity index is 617. The lowest BCUT2D eigenvalue weighted by atomic mass is 9.87. The van der Waals surface area contributed by atoms with E-state index in [0.29, 0.717) is 11.8 Å². The molecule has 2 aromatic carbocycles. The summed E-state index contributed by atoms with van der Waals surface area (Å²) in [5, 5.41) is 0. The highest BCUT2D eigenvalue weighted by atomic mass is 79.9. The smallest absolute Gasteiger partial charge is 0.0565 e. The van der Waals surface area contributed by atoms with E-state index in [0.717, 1.165) is 10.0 Å². The van der Waals surface area contributed by atoms with E-state index >= 15 is 0 Å². The second-order valence-electron chi connectivity index (χ2n) is 6.20. The lowest BCUT2D eigenvalue weighted by Gasteiger charge is -2.22. The summed E-state index contributed by atoms with van der Waals surface area (Å²) < 4.78 is 1.07. The van der Waals surface area contributed by atoms with Crippen molar-refractivity contribution in [1.29, 1.82) is 0 Å². The van der Waals surface area contributed by atoms with Gasteiger partial charge < -0.3 is 5.73 Å². The van der Waals surface area contributed by atoms with Crippen LogP contribution in [-0.4, -0.2) is 0 Å². The number of hydrogen-bond acceptors (Lipinski definition) is 1. The third-order valence-corrected chi connectivity index (χ3v) is 4.70. The van der Waals surface area contributed by atoms with Crippen LogP contribution in [0.1, 0.15) is 67.8 Å². The summed E-state index contributed by atoms with van der Waals surface area (Å²) in [5.41, 5.74) is 11.6. The minimum atomic E-state index is -0.0980. The molecule has 2 heteroatoms. The van der Waals surface area contributed by atoms with E-state index in [9.17, 15) is 0 Å². The SMILES string of the molecule is CC(C)c1ccc(C(N)c2ccccc2Br)c(C(C)C)c1. The highest BCUT2D eigenvalue weighted by molar-refractivity contribution is 9.10. The molecule has 1 nitrogen and oxygen atoms in total. The molecule has 0 saturated carbocycles. The second kappa shape index (κ2) is 6.76. The first-order valence-corrected chi connectivity index (χ1v) is 8.34. The first-order valence-electron chi connectivity index (χ1n) is 7.55. The summed E-state index contributed by atoms with van der Waals surface area (Å²) in [4.78, 5) is 0. The van der Waals surface area contributed by atoms with E-state index < -0.39 is 0 Å². The van der Waals surface area contributed by atoms with Crippen LogP contribution in [0.4, 0.5) is 0 Å². The van der Waals surface area contributed by atoms with E-state index in [2.05, 4.69) is 67.9 Å². The van der Waals surface area contributed by atoms with Crippen LogP contribution in [0, 0.1) is 0 Å². The van der Waals surface area contributed by atoms with Crippen molar-refractivity contribution in [2.24, 2.45) is 5.73 Å². The average Bonchev–Trinajstić information content (AvgIpc) is 2.46. The molecule has 0 heterocycles. The topological polar surface area (TPSA) is 26.0 Å². The predicted octanol–water partition coefficient (Wildman–Crippen LogP) is 5.74. The van der Waals surface area contributed by atoms with Gasteiger partial charge in [-0.2, -0.15) is 0 Å². The molecule has 2 N–H and O–H groups in total. The Kier molecular flexibility index (Phi) is 5.23. The zero-order valence-corrected chi connectivity index (χ0v) is 14.8. The average molecular weight is 346 g/mol. The van der Waals surface area contributed by atoms with Gasteiger partial charge in [-0.05, 0) is 40.2 Å². The van der Waals surface area contributed by atoms with Crippen molar-refractivity contribution >= 4 is 15.9 Å². The summed E-state index contributed by atoms with van der Waals surface area (Å²) in [6, 6.07) is 14.8. The maximum atomic E-state index is 6.55. The number of halogens is 1. The van der Waals surface area contributed by atoms with Crippen LogP contribution in [-0.2, 0) is 0 Å². The van der Waals surface area contributed by atoms with Crippen LogP contribution in [0.3, 0.4) is 0 Å². The van der Waals surface area contributed by atoms with Gasteiger partial charge in [0.05, 0.1) is 6.04 Å². The Morgan fingerprint density at radius 1 is 0.810 bits per heavy atom. The van der Waals surface area contributed by atoms with Gasteiger partial charge in [-0.15, -0.1) is 0 Å². The van der Waals surface area contributed by atoms with Crippen molar-refractivity contribution in [2.75, 3.05) is 0 Å². The third-order valence-electron chi connectivity index (χ3n) is 3.97. The Balaban J connectivity index is 2.50. The van der Waals surface area contributed by atoms with E-state index in [-0.39, 0.29) is 6.04 Å². The molecule has 0 aliphatic rings. The van der Waals surface area contributed by atoms with Gasteiger partial charge in [-0.3, -0.25) is 0 Å². The largest absolute Gasteiger partial charge is 0.320 e. The molecule has 0 fully saturated rings. The number of benzene rings is 2. The van der Waals surface area contributed by atoms with Crippen molar-refractivity contribution in [3.63, 3.8) is 0 Å². The van der Waals surface area contributed by atoms with Crippen LogP contribution in [0.5, 0.6) is 0 Å². The first-order chi connectivity index (χ1) is 9.91. The predicted molar refractivity (Wildman–Crippen MR) is 94.8 cm³/mol. The Hall–Kier alpha value is -1.12. The van der Waals surface area contributed by atoms with Gasteiger partial charge in [0.1, 0.15) is 0 Å². The molecular formula is C19H24BrN. The fourth-order valence-corrected chi connectivity index (χ4v) is 3.16. The molecule has 0 aliphatic heterocycles. The molecule has 0 bridgehead atoms. The molecule has 1 unspecified atom stereocenters. The standard InChI is InChI=1S/C19H24BrN/c1-12(2)14-9-10-15(17(11-14)13(3)4)19(21)16-7-5-6-8-18(16)20/h5-13,19H,21H2,1-4H3. The molecular weight excluding hydrogens is 322 g/mol.